The Morgan fingerprint density at radius 1 is 1.60 bits per heavy atom. The van der Waals surface area contributed by atoms with Crippen molar-refractivity contribution in [2.24, 2.45) is 0 Å². The monoisotopic (exact) mass is 205 g/mol. The molecule has 0 bridgehead atoms. The van der Waals surface area contributed by atoms with Crippen molar-refractivity contribution in [3.63, 3.8) is 0 Å². The lowest BCUT2D eigenvalue weighted by atomic mass is 10.1. The number of aryl methyl sites for hydroxylation is 1. The Balaban J connectivity index is 2.87. The van der Waals surface area contributed by atoms with E-state index in [4.69, 9.17) is 0 Å². The lowest BCUT2D eigenvalue weighted by Gasteiger charge is -2.10. The van der Waals surface area contributed by atoms with Crippen molar-refractivity contribution in [1.29, 1.82) is 0 Å². The lowest BCUT2D eigenvalue weighted by Crippen LogP contribution is -2.30. The van der Waals surface area contributed by atoms with Gasteiger partial charge in [-0.3, -0.25) is 4.79 Å². The number of aromatic hydroxyl groups is 1. The molecule has 3 heteroatoms. The van der Waals surface area contributed by atoms with Crippen LogP contribution in [0.25, 0.3) is 0 Å². The van der Waals surface area contributed by atoms with Crippen LogP contribution in [0, 0.1) is 6.92 Å². The van der Waals surface area contributed by atoms with Gasteiger partial charge in [0, 0.05) is 6.04 Å². The fraction of sp³-hybridized carbons (Fsp3) is 0.250. The quantitative estimate of drug-likeness (QED) is 0.741. The molecule has 0 aliphatic rings. The summed E-state index contributed by atoms with van der Waals surface area (Å²) in [5.41, 5.74) is 1.20. The molecule has 1 atom stereocenters. The van der Waals surface area contributed by atoms with E-state index in [1.54, 1.807) is 24.3 Å². The summed E-state index contributed by atoms with van der Waals surface area (Å²) >= 11 is 0. The number of phenolic OH excluding ortho intramolecular Hbond substituents is 1. The van der Waals surface area contributed by atoms with Crippen LogP contribution in [0.15, 0.2) is 30.9 Å². The number of carbonyl (C=O) groups is 1. The predicted octanol–water partition coefficient (Wildman–Crippen LogP) is 2.00. The van der Waals surface area contributed by atoms with Crippen LogP contribution < -0.4 is 5.32 Å². The summed E-state index contributed by atoms with van der Waals surface area (Å²) in [5, 5.41) is 12.2. The van der Waals surface area contributed by atoms with Crippen molar-refractivity contribution in [3.8, 4) is 5.75 Å². The van der Waals surface area contributed by atoms with Crippen molar-refractivity contribution in [3.05, 3.63) is 42.0 Å². The second kappa shape index (κ2) is 4.64. The molecule has 0 heterocycles. The molecule has 0 aliphatic carbocycles. The number of phenols is 1. The number of rotatable bonds is 3. The molecule has 0 aromatic heterocycles. The first-order valence-electron chi connectivity index (χ1n) is 4.77. The fourth-order valence-corrected chi connectivity index (χ4v) is 1.18. The molecule has 2 N–H and O–H groups in total. The second-order valence-electron chi connectivity index (χ2n) is 3.52. The van der Waals surface area contributed by atoms with Crippen LogP contribution in [0.3, 0.4) is 0 Å². The van der Waals surface area contributed by atoms with E-state index in [1.165, 1.54) is 0 Å². The Morgan fingerprint density at radius 3 is 2.80 bits per heavy atom. The summed E-state index contributed by atoms with van der Waals surface area (Å²) in [6.07, 6.45) is 1.63. The first-order valence-corrected chi connectivity index (χ1v) is 4.77. The van der Waals surface area contributed by atoms with Gasteiger partial charge in [0.25, 0.3) is 5.91 Å². The van der Waals surface area contributed by atoms with Crippen LogP contribution in [0.5, 0.6) is 5.75 Å². The normalized spacial score (nSPS) is 11.9. The Hall–Kier alpha value is -1.77. The average Bonchev–Trinajstić information content (AvgIpc) is 2.17. The van der Waals surface area contributed by atoms with E-state index < -0.39 is 0 Å². The maximum absolute atomic E-state index is 11.6. The van der Waals surface area contributed by atoms with Crippen LogP contribution in [-0.4, -0.2) is 17.1 Å². The molecular formula is C12H15NO2. The SMILES string of the molecule is C=CC(C)NC(=O)c1ccc(C)cc1O. The molecule has 0 spiro atoms. The Kier molecular flexibility index (Phi) is 3.50. The van der Waals surface area contributed by atoms with Gasteiger partial charge in [-0.15, -0.1) is 6.58 Å². The number of carbonyl (C=O) groups excluding carboxylic acids is 1. The van der Waals surface area contributed by atoms with E-state index in [9.17, 15) is 9.90 Å². The first kappa shape index (κ1) is 11.3. The van der Waals surface area contributed by atoms with Gasteiger partial charge < -0.3 is 10.4 Å². The molecule has 1 unspecified atom stereocenters. The first-order chi connectivity index (χ1) is 7.04. The van der Waals surface area contributed by atoms with Crippen molar-refractivity contribution >= 4 is 5.91 Å². The molecule has 1 amide bonds. The van der Waals surface area contributed by atoms with Crippen molar-refractivity contribution in [2.45, 2.75) is 19.9 Å². The Labute approximate surface area is 89.4 Å². The largest absolute Gasteiger partial charge is 0.507 e. The molecule has 1 aromatic carbocycles. The Morgan fingerprint density at radius 2 is 2.27 bits per heavy atom. The molecule has 0 saturated carbocycles. The van der Waals surface area contributed by atoms with Gasteiger partial charge in [-0.1, -0.05) is 12.1 Å². The van der Waals surface area contributed by atoms with Gasteiger partial charge in [-0.2, -0.15) is 0 Å². The molecule has 80 valence electrons. The predicted molar refractivity (Wildman–Crippen MR) is 60.0 cm³/mol. The molecule has 0 saturated heterocycles. The van der Waals surface area contributed by atoms with Crippen molar-refractivity contribution < 1.29 is 9.90 Å². The molecule has 15 heavy (non-hydrogen) atoms. The van der Waals surface area contributed by atoms with E-state index in [0.29, 0.717) is 0 Å². The van der Waals surface area contributed by atoms with Crippen molar-refractivity contribution in [2.75, 3.05) is 0 Å². The highest BCUT2D eigenvalue weighted by atomic mass is 16.3. The number of hydrogen-bond acceptors (Lipinski definition) is 2. The minimum Gasteiger partial charge on any atom is -0.507 e. The highest BCUT2D eigenvalue weighted by Gasteiger charge is 2.11. The van der Waals surface area contributed by atoms with Crippen molar-refractivity contribution in [1.82, 2.24) is 5.32 Å². The average molecular weight is 205 g/mol. The van der Waals surface area contributed by atoms with Gasteiger partial charge in [0.15, 0.2) is 0 Å². The number of nitrogens with one attached hydrogen (secondary N) is 1. The highest BCUT2D eigenvalue weighted by Crippen LogP contribution is 2.18. The lowest BCUT2D eigenvalue weighted by molar-refractivity contribution is 0.0944. The maximum Gasteiger partial charge on any atom is 0.255 e. The zero-order chi connectivity index (χ0) is 11.4. The van der Waals surface area contributed by atoms with Gasteiger partial charge in [0.05, 0.1) is 5.56 Å². The zero-order valence-corrected chi connectivity index (χ0v) is 8.95. The van der Waals surface area contributed by atoms with Crippen LogP contribution in [0.2, 0.25) is 0 Å². The minimum atomic E-state index is -0.292. The zero-order valence-electron chi connectivity index (χ0n) is 8.95. The summed E-state index contributed by atoms with van der Waals surface area (Å²) in [7, 11) is 0. The van der Waals surface area contributed by atoms with Gasteiger partial charge in [0.2, 0.25) is 0 Å². The number of hydrogen-bond donors (Lipinski definition) is 2. The Bertz CT molecular complexity index is 385. The molecular weight excluding hydrogens is 190 g/mol. The van der Waals surface area contributed by atoms with Gasteiger partial charge in [-0.25, -0.2) is 0 Å². The third kappa shape index (κ3) is 2.84. The molecule has 1 rings (SSSR count). The van der Waals surface area contributed by atoms with E-state index in [1.807, 2.05) is 13.8 Å². The number of amides is 1. The van der Waals surface area contributed by atoms with Crippen LogP contribution in [0.4, 0.5) is 0 Å². The van der Waals surface area contributed by atoms with Crippen LogP contribution in [-0.2, 0) is 0 Å². The molecule has 1 aromatic rings. The van der Waals surface area contributed by atoms with Crippen LogP contribution >= 0.6 is 0 Å². The van der Waals surface area contributed by atoms with E-state index >= 15 is 0 Å². The standard InChI is InChI=1S/C12H15NO2/c1-4-9(3)13-12(15)10-6-5-8(2)7-11(10)14/h4-7,9,14H,1H2,2-3H3,(H,13,15). The summed E-state index contributed by atoms with van der Waals surface area (Å²) < 4.78 is 0. The van der Waals surface area contributed by atoms with E-state index in [0.717, 1.165) is 5.56 Å². The molecule has 0 fully saturated rings. The minimum absolute atomic E-state index is 0.00348. The van der Waals surface area contributed by atoms with Gasteiger partial charge in [0.1, 0.15) is 5.75 Å². The summed E-state index contributed by atoms with van der Waals surface area (Å²) in [4.78, 5) is 11.6. The fourth-order valence-electron chi connectivity index (χ4n) is 1.18. The molecule has 3 nitrogen and oxygen atoms in total. The van der Waals surface area contributed by atoms with E-state index in [2.05, 4.69) is 11.9 Å². The third-order valence-electron chi connectivity index (χ3n) is 2.11. The second-order valence-corrected chi connectivity index (χ2v) is 3.52. The summed E-state index contributed by atoms with van der Waals surface area (Å²) in [6, 6.07) is 4.84. The number of benzene rings is 1. The van der Waals surface area contributed by atoms with Gasteiger partial charge in [-0.05, 0) is 31.5 Å². The summed E-state index contributed by atoms with van der Waals surface area (Å²) in [6.45, 7) is 7.24. The topological polar surface area (TPSA) is 49.3 Å². The maximum atomic E-state index is 11.6. The molecule has 0 radical (unpaired) electrons. The third-order valence-corrected chi connectivity index (χ3v) is 2.11. The van der Waals surface area contributed by atoms with Crippen LogP contribution in [0.1, 0.15) is 22.8 Å². The van der Waals surface area contributed by atoms with Gasteiger partial charge >= 0.3 is 0 Å². The molecule has 0 aliphatic heterocycles. The van der Waals surface area contributed by atoms with E-state index in [-0.39, 0.29) is 23.3 Å². The smallest absolute Gasteiger partial charge is 0.255 e. The highest BCUT2D eigenvalue weighted by molar-refractivity contribution is 5.97. The summed E-state index contributed by atoms with van der Waals surface area (Å²) in [5.74, 6) is -0.288.